The van der Waals surface area contributed by atoms with Gasteiger partial charge in [-0.05, 0) is 6.92 Å². The first-order chi connectivity index (χ1) is 4.18. The number of halogens is 1. The molecule has 0 saturated heterocycles. The molecule has 0 spiro atoms. The minimum absolute atomic E-state index is 0.00722. The van der Waals surface area contributed by atoms with Gasteiger partial charge >= 0.3 is 0 Å². The van der Waals surface area contributed by atoms with E-state index in [1.807, 2.05) is 0 Å². The standard InChI is InChI=1S/C5H8BrNO2/c1-4(6)5(8)2-3-7-9/h3-4,9H,2H2,1H3. The molecule has 0 heterocycles. The Morgan fingerprint density at radius 2 is 2.56 bits per heavy atom. The molecule has 0 fully saturated rings. The van der Waals surface area contributed by atoms with Gasteiger partial charge in [0.1, 0.15) is 0 Å². The van der Waals surface area contributed by atoms with Crippen LogP contribution in [0.25, 0.3) is 0 Å². The average Bonchev–Trinajstić information content (AvgIpc) is 1.82. The van der Waals surface area contributed by atoms with Crippen molar-refractivity contribution in [3.63, 3.8) is 0 Å². The molecule has 0 bridgehead atoms. The first-order valence-electron chi connectivity index (χ1n) is 2.51. The number of rotatable bonds is 3. The van der Waals surface area contributed by atoms with Gasteiger partial charge in [-0.25, -0.2) is 0 Å². The van der Waals surface area contributed by atoms with Gasteiger partial charge in [-0.3, -0.25) is 4.79 Å². The molecule has 9 heavy (non-hydrogen) atoms. The topological polar surface area (TPSA) is 49.7 Å². The van der Waals surface area contributed by atoms with E-state index in [-0.39, 0.29) is 17.0 Å². The van der Waals surface area contributed by atoms with Crippen LogP contribution < -0.4 is 0 Å². The molecule has 4 heteroatoms. The van der Waals surface area contributed by atoms with Gasteiger partial charge < -0.3 is 5.21 Å². The normalized spacial score (nSPS) is 14.0. The van der Waals surface area contributed by atoms with Gasteiger partial charge in [0, 0.05) is 6.42 Å². The predicted molar refractivity (Wildman–Crippen MR) is 38.3 cm³/mol. The lowest BCUT2D eigenvalue weighted by Gasteiger charge is -1.94. The monoisotopic (exact) mass is 193 g/mol. The summed E-state index contributed by atoms with van der Waals surface area (Å²) in [6.45, 7) is 1.73. The van der Waals surface area contributed by atoms with E-state index in [2.05, 4.69) is 21.1 Å². The Labute approximate surface area is 61.9 Å². The van der Waals surface area contributed by atoms with Gasteiger partial charge in [0.05, 0.1) is 11.0 Å². The van der Waals surface area contributed by atoms with Crippen LogP contribution in [0.5, 0.6) is 0 Å². The second kappa shape index (κ2) is 4.49. The molecule has 52 valence electrons. The zero-order valence-corrected chi connectivity index (χ0v) is 6.63. The largest absolute Gasteiger partial charge is 0.411 e. The molecule has 0 aromatic rings. The molecule has 0 saturated carbocycles. The van der Waals surface area contributed by atoms with Gasteiger partial charge in [0.2, 0.25) is 0 Å². The van der Waals surface area contributed by atoms with Crippen molar-refractivity contribution in [2.45, 2.75) is 18.2 Å². The molecule has 1 N–H and O–H groups in total. The summed E-state index contributed by atoms with van der Waals surface area (Å²) in [7, 11) is 0. The fraction of sp³-hybridized carbons (Fsp3) is 0.600. The van der Waals surface area contributed by atoms with Crippen LogP contribution in [-0.2, 0) is 4.79 Å². The molecule has 0 radical (unpaired) electrons. The highest BCUT2D eigenvalue weighted by molar-refractivity contribution is 9.10. The molecular weight excluding hydrogens is 186 g/mol. The van der Waals surface area contributed by atoms with E-state index < -0.39 is 0 Å². The van der Waals surface area contributed by atoms with Crippen molar-refractivity contribution in [2.75, 3.05) is 0 Å². The molecule has 0 aliphatic rings. The maximum atomic E-state index is 10.7. The van der Waals surface area contributed by atoms with E-state index in [1.54, 1.807) is 6.92 Å². The number of nitrogens with zero attached hydrogens (tertiary/aromatic N) is 1. The number of alkyl halides is 1. The van der Waals surface area contributed by atoms with Crippen LogP contribution in [-0.4, -0.2) is 22.0 Å². The van der Waals surface area contributed by atoms with E-state index in [9.17, 15) is 4.79 Å². The van der Waals surface area contributed by atoms with Gasteiger partial charge in [-0.2, -0.15) is 0 Å². The van der Waals surface area contributed by atoms with E-state index in [1.165, 1.54) is 6.21 Å². The fourth-order valence-corrected chi connectivity index (χ4v) is 0.480. The van der Waals surface area contributed by atoms with E-state index in [0.29, 0.717) is 0 Å². The average molecular weight is 194 g/mol. The second-order valence-electron chi connectivity index (χ2n) is 1.58. The third-order valence-electron chi connectivity index (χ3n) is 0.818. The Balaban J connectivity index is 3.51. The van der Waals surface area contributed by atoms with E-state index >= 15 is 0 Å². The van der Waals surface area contributed by atoms with Crippen LogP contribution in [0.2, 0.25) is 0 Å². The van der Waals surface area contributed by atoms with Crippen LogP contribution in [0.3, 0.4) is 0 Å². The molecule has 0 aliphatic carbocycles. The highest BCUT2D eigenvalue weighted by Gasteiger charge is 2.05. The number of carbonyl (C=O) groups is 1. The van der Waals surface area contributed by atoms with Crippen molar-refractivity contribution in [1.29, 1.82) is 0 Å². The van der Waals surface area contributed by atoms with Crippen molar-refractivity contribution in [2.24, 2.45) is 5.16 Å². The molecule has 0 aliphatic heterocycles. The third-order valence-corrected chi connectivity index (χ3v) is 1.33. The lowest BCUT2D eigenvalue weighted by Crippen LogP contribution is -2.09. The minimum Gasteiger partial charge on any atom is -0.411 e. The maximum Gasteiger partial charge on any atom is 0.151 e. The predicted octanol–water partition coefficient (Wildman–Crippen LogP) is 1.19. The quantitative estimate of drug-likeness (QED) is 0.317. The summed E-state index contributed by atoms with van der Waals surface area (Å²) in [6.07, 6.45) is 1.35. The first-order valence-corrected chi connectivity index (χ1v) is 3.42. The molecular formula is C5H8BrNO2. The maximum absolute atomic E-state index is 10.7. The number of hydrogen-bond donors (Lipinski definition) is 1. The van der Waals surface area contributed by atoms with Crippen LogP contribution in [0.15, 0.2) is 5.16 Å². The number of Topliss-reactive ketones (excluding diaryl/α,β-unsaturated/α-hetero) is 1. The SMILES string of the molecule is CC(Br)C(=O)CC=NO. The van der Waals surface area contributed by atoms with Gasteiger partial charge in [-0.1, -0.05) is 15.9 Å². The van der Waals surface area contributed by atoms with Gasteiger partial charge in [0.15, 0.2) is 5.78 Å². The number of hydrogen-bond acceptors (Lipinski definition) is 3. The molecule has 0 amide bonds. The van der Waals surface area contributed by atoms with Crippen molar-refractivity contribution >= 4 is 27.9 Å². The lowest BCUT2D eigenvalue weighted by molar-refractivity contribution is -0.117. The molecule has 0 aromatic carbocycles. The zero-order valence-electron chi connectivity index (χ0n) is 5.04. The van der Waals surface area contributed by atoms with Gasteiger partial charge in [0.25, 0.3) is 0 Å². The lowest BCUT2D eigenvalue weighted by atomic mass is 10.2. The number of carbonyl (C=O) groups excluding carboxylic acids is 1. The van der Waals surface area contributed by atoms with Gasteiger partial charge in [-0.15, -0.1) is 5.16 Å². The summed E-state index contributed by atoms with van der Waals surface area (Å²) in [5.41, 5.74) is 0. The number of oxime groups is 1. The molecule has 0 aromatic heterocycles. The first kappa shape index (κ1) is 8.62. The van der Waals surface area contributed by atoms with Crippen LogP contribution in [0.4, 0.5) is 0 Å². The Bertz CT molecular complexity index is 122. The summed E-state index contributed by atoms with van der Waals surface area (Å²) in [6, 6.07) is 0. The minimum atomic E-state index is -0.157. The van der Waals surface area contributed by atoms with E-state index in [0.717, 1.165) is 0 Å². The Hall–Kier alpha value is -0.380. The molecule has 1 atom stereocenters. The number of ketones is 1. The summed E-state index contributed by atoms with van der Waals surface area (Å²) >= 11 is 3.08. The highest BCUT2D eigenvalue weighted by atomic mass is 79.9. The van der Waals surface area contributed by atoms with Crippen molar-refractivity contribution in [3.8, 4) is 0 Å². The Morgan fingerprint density at radius 1 is 2.00 bits per heavy atom. The second-order valence-corrected chi connectivity index (χ2v) is 2.96. The van der Waals surface area contributed by atoms with E-state index in [4.69, 9.17) is 5.21 Å². The molecule has 1 unspecified atom stereocenters. The van der Waals surface area contributed by atoms with Crippen LogP contribution >= 0.6 is 15.9 Å². The summed E-state index contributed by atoms with van der Waals surface area (Å²) < 4.78 is 0. The Morgan fingerprint density at radius 3 is 2.89 bits per heavy atom. The summed E-state index contributed by atoms with van der Waals surface area (Å²) in [5.74, 6) is 0.00722. The smallest absolute Gasteiger partial charge is 0.151 e. The van der Waals surface area contributed by atoms with Crippen molar-refractivity contribution < 1.29 is 10.0 Å². The van der Waals surface area contributed by atoms with Crippen molar-refractivity contribution in [3.05, 3.63) is 0 Å². The molecule has 3 nitrogen and oxygen atoms in total. The Kier molecular flexibility index (Phi) is 4.30. The molecule has 0 rings (SSSR count). The van der Waals surface area contributed by atoms with Crippen LogP contribution in [0, 0.1) is 0 Å². The zero-order chi connectivity index (χ0) is 7.28. The van der Waals surface area contributed by atoms with Crippen molar-refractivity contribution in [1.82, 2.24) is 0 Å². The fourth-order valence-electron chi connectivity index (χ4n) is 0.293. The summed E-state index contributed by atoms with van der Waals surface area (Å²) in [5, 5.41) is 10.6. The summed E-state index contributed by atoms with van der Waals surface area (Å²) in [4.78, 5) is 10.5. The third kappa shape index (κ3) is 4.14. The highest BCUT2D eigenvalue weighted by Crippen LogP contribution is 1.99. The van der Waals surface area contributed by atoms with Crippen LogP contribution in [0.1, 0.15) is 13.3 Å².